The minimum absolute atomic E-state index is 0. The van der Waals surface area contributed by atoms with Crippen LogP contribution in [0.1, 0.15) is 51.4 Å². The number of nitrogens with two attached hydrogens (primary N) is 1. The SMILES string of the molecule is Cl.NCC1(C(=O)N[C@@H]2CCCC[C@H]2O)CCCC1. The minimum Gasteiger partial charge on any atom is -0.391 e. The third-order valence-corrected chi connectivity index (χ3v) is 4.48. The van der Waals surface area contributed by atoms with Gasteiger partial charge in [-0.25, -0.2) is 0 Å². The normalized spacial score (nSPS) is 30.6. The van der Waals surface area contributed by atoms with Gasteiger partial charge in [0, 0.05) is 6.54 Å². The number of carbonyl (C=O) groups is 1. The molecule has 0 aromatic carbocycles. The van der Waals surface area contributed by atoms with E-state index in [1.165, 1.54) is 0 Å². The quantitative estimate of drug-likeness (QED) is 0.728. The zero-order chi connectivity index (χ0) is 12.3. The first-order valence-electron chi connectivity index (χ1n) is 6.87. The molecule has 2 rings (SSSR count). The van der Waals surface area contributed by atoms with E-state index >= 15 is 0 Å². The molecule has 0 bridgehead atoms. The Morgan fingerprint density at radius 1 is 1.22 bits per heavy atom. The molecule has 0 aliphatic heterocycles. The van der Waals surface area contributed by atoms with Crippen LogP contribution < -0.4 is 11.1 Å². The van der Waals surface area contributed by atoms with Gasteiger partial charge in [-0.15, -0.1) is 12.4 Å². The van der Waals surface area contributed by atoms with Crippen LogP contribution in [0.3, 0.4) is 0 Å². The van der Waals surface area contributed by atoms with E-state index in [0.29, 0.717) is 6.54 Å². The van der Waals surface area contributed by atoms with E-state index in [9.17, 15) is 9.90 Å². The Balaban J connectivity index is 0.00000162. The molecule has 0 saturated heterocycles. The van der Waals surface area contributed by atoms with E-state index in [-0.39, 0.29) is 35.9 Å². The summed E-state index contributed by atoms with van der Waals surface area (Å²) in [6, 6.07) is -0.0553. The van der Waals surface area contributed by atoms with Crippen molar-refractivity contribution < 1.29 is 9.90 Å². The van der Waals surface area contributed by atoms with Crippen molar-refractivity contribution in [3.63, 3.8) is 0 Å². The van der Waals surface area contributed by atoms with Gasteiger partial charge in [0.1, 0.15) is 0 Å². The Kier molecular flexibility index (Phi) is 5.89. The molecule has 0 heterocycles. The molecule has 2 fully saturated rings. The zero-order valence-electron chi connectivity index (χ0n) is 10.9. The van der Waals surface area contributed by atoms with E-state index in [2.05, 4.69) is 5.32 Å². The van der Waals surface area contributed by atoms with Gasteiger partial charge in [-0.3, -0.25) is 4.79 Å². The van der Waals surface area contributed by atoms with E-state index in [4.69, 9.17) is 5.73 Å². The van der Waals surface area contributed by atoms with Crippen molar-refractivity contribution in [3.8, 4) is 0 Å². The van der Waals surface area contributed by atoms with Crippen molar-refractivity contribution in [2.45, 2.75) is 63.5 Å². The zero-order valence-corrected chi connectivity index (χ0v) is 11.7. The summed E-state index contributed by atoms with van der Waals surface area (Å²) in [7, 11) is 0. The second kappa shape index (κ2) is 6.73. The summed E-state index contributed by atoms with van der Waals surface area (Å²) < 4.78 is 0. The molecule has 4 nitrogen and oxygen atoms in total. The van der Waals surface area contributed by atoms with Crippen LogP contribution in [0.2, 0.25) is 0 Å². The van der Waals surface area contributed by atoms with Gasteiger partial charge in [-0.05, 0) is 25.7 Å². The number of hydrogen-bond donors (Lipinski definition) is 3. The summed E-state index contributed by atoms with van der Waals surface area (Å²) in [6.45, 7) is 0.432. The number of aliphatic hydroxyl groups excluding tert-OH is 1. The molecule has 0 unspecified atom stereocenters. The highest BCUT2D eigenvalue weighted by Gasteiger charge is 2.41. The Bertz CT molecular complexity index is 280. The van der Waals surface area contributed by atoms with Gasteiger partial charge in [-0.2, -0.15) is 0 Å². The number of rotatable bonds is 3. The van der Waals surface area contributed by atoms with Gasteiger partial charge in [-0.1, -0.05) is 25.7 Å². The molecule has 0 aromatic heterocycles. The molecule has 2 atom stereocenters. The molecule has 18 heavy (non-hydrogen) atoms. The predicted molar refractivity (Wildman–Crippen MR) is 73.6 cm³/mol. The van der Waals surface area contributed by atoms with Gasteiger partial charge < -0.3 is 16.2 Å². The largest absolute Gasteiger partial charge is 0.391 e. The van der Waals surface area contributed by atoms with Gasteiger partial charge in [0.2, 0.25) is 5.91 Å². The molecule has 2 aliphatic carbocycles. The lowest BCUT2D eigenvalue weighted by Gasteiger charge is -2.33. The van der Waals surface area contributed by atoms with E-state index in [1.54, 1.807) is 0 Å². The Labute approximate surface area is 115 Å². The number of aliphatic hydroxyl groups is 1. The molecular weight excluding hydrogens is 252 g/mol. The van der Waals surface area contributed by atoms with Crippen LogP contribution in [0, 0.1) is 5.41 Å². The third-order valence-electron chi connectivity index (χ3n) is 4.48. The van der Waals surface area contributed by atoms with Gasteiger partial charge >= 0.3 is 0 Å². The lowest BCUT2D eigenvalue weighted by molar-refractivity contribution is -0.132. The minimum atomic E-state index is -0.371. The molecule has 0 aromatic rings. The Morgan fingerprint density at radius 3 is 2.39 bits per heavy atom. The summed E-state index contributed by atoms with van der Waals surface area (Å²) in [5.41, 5.74) is 5.44. The van der Waals surface area contributed by atoms with E-state index in [1.807, 2.05) is 0 Å². The number of amides is 1. The van der Waals surface area contributed by atoms with E-state index < -0.39 is 0 Å². The number of halogens is 1. The smallest absolute Gasteiger partial charge is 0.227 e. The predicted octanol–water partition coefficient (Wildman–Crippen LogP) is 1.35. The number of nitrogens with one attached hydrogen (secondary N) is 1. The fraction of sp³-hybridized carbons (Fsp3) is 0.923. The lowest BCUT2D eigenvalue weighted by atomic mass is 9.84. The van der Waals surface area contributed by atoms with Crippen LogP contribution >= 0.6 is 12.4 Å². The van der Waals surface area contributed by atoms with Gasteiger partial charge in [0.05, 0.1) is 17.6 Å². The van der Waals surface area contributed by atoms with Crippen LogP contribution in [0.4, 0.5) is 0 Å². The summed E-state index contributed by atoms with van der Waals surface area (Å²) in [6.07, 6.45) is 7.48. The van der Waals surface area contributed by atoms with Crippen LogP contribution in [0.5, 0.6) is 0 Å². The van der Waals surface area contributed by atoms with Gasteiger partial charge in [0.15, 0.2) is 0 Å². The summed E-state index contributed by atoms with van der Waals surface area (Å²) in [5, 5.41) is 12.9. The lowest BCUT2D eigenvalue weighted by Crippen LogP contribution is -2.52. The fourth-order valence-electron chi connectivity index (χ4n) is 3.18. The average molecular weight is 277 g/mol. The van der Waals surface area contributed by atoms with Crippen molar-refractivity contribution >= 4 is 18.3 Å². The van der Waals surface area contributed by atoms with Crippen molar-refractivity contribution in [2.24, 2.45) is 11.1 Å². The molecule has 1 amide bonds. The standard InChI is InChI=1S/C13H24N2O2.ClH/c14-9-13(7-3-4-8-13)12(17)15-10-5-1-2-6-11(10)16;/h10-11,16H,1-9,14H2,(H,15,17);1H/t10-,11-;/m1./s1. The second-order valence-electron chi connectivity index (χ2n) is 5.62. The molecule has 0 spiro atoms. The molecule has 2 saturated carbocycles. The first-order chi connectivity index (χ1) is 8.18. The van der Waals surface area contributed by atoms with Crippen molar-refractivity contribution in [2.75, 3.05) is 6.54 Å². The van der Waals surface area contributed by atoms with Crippen LogP contribution in [0.15, 0.2) is 0 Å². The number of carbonyl (C=O) groups excluding carboxylic acids is 1. The summed E-state index contributed by atoms with van der Waals surface area (Å²) in [4.78, 5) is 12.3. The number of hydrogen-bond acceptors (Lipinski definition) is 3. The monoisotopic (exact) mass is 276 g/mol. The van der Waals surface area contributed by atoms with Crippen LogP contribution in [-0.2, 0) is 4.79 Å². The highest BCUT2D eigenvalue weighted by molar-refractivity contribution is 5.85. The molecule has 5 heteroatoms. The summed E-state index contributed by atoms with van der Waals surface area (Å²) in [5.74, 6) is 0.0726. The van der Waals surface area contributed by atoms with Crippen molar-refractivity contribution in [1.29, 1.82) is 0 Å². The molecule has 2 aliphatic rings. The van der Waals surface area contributed by atoms with Crippen molar-refractivity contribution in [3.05, 3.63) is 0 Å². The van der Waals surface area contributed by atoms with E-state index in [0.717, 1.165) is 51.4 Å². The topological polar surface area (TPSA) is 75.4 Å². The highest BCUT2D eigenvalue weighted by atomic mass is 35.5. The molecule has 4 N–H and O–H groups in total. The maximum Gasteiger partial charge on any atom is 0.227 e. The Hall–Kier alpha value is -0.320. The van der Waals surface area contributed by atoms with Gasteiger partial charge in [0.25, 0.3) is 0 Å². The maximum absolute atomic E-state index is 12.3. The first kappa shape index (κ1) is 15.7. The fourth-order valence-corrected chi connectivity index (χ4v) is 3.18. The van der Waals surface area contributed by atoms with Crippen LogP contribution in [0.25, 0.3) is 0 Å². The molecule has 0 radical (unpaired) electrons. The first-order valence-corrected chi connectivity index (χ1v) is 6.87. The average Bonchev–Trinajstić information content (AvgIpc) is 2.82. The molecule has 106 valence electrons. The Morgan fingerprint density at radius 2 is 1.83 bits per heavy atom. The summed E-state index contributed by atoms with van der Waals surface area (Å²) >= 11 is 0. The van der Waals surface area contributed by atoms with Crippen molar-refractivity contribution in [1.82, 2.24) is 5.32 Å². The highest BCUT2D eigenvalue weighted by Crippen LogP contribution is 2.37. The maximum atomic E-state index is 12.3. The van der Waals surface area contributed by atoms with Crippen LogP contribution in [-0.4, -0.2) is 29.7 Å². The third kappa shape index (κ3) is 3.16. The second-order valence-corrected chi connectivity index (χ2v) is 5.62. The molecular formula is C13H25ClN2O2.